The number of hydrogen-bond donors (Lipinski definition) is 6. The van der Waals surface area contributed by atoms with Crippen molar-refractivity contribution in [2.45, 2.75) is 63.6 Å². The molecule has 3 aromatic rings. The predicted octanol–water partition coefficient (Wildman–Crippen LogP) is 1.19. The van der Waals surface area contributed by atoms with Gasteiger partial charge < -0.3 is 37.1 Å². The Balaban J connectivity index is 1.34. The quantitative estimate of drug-likeness (QED) is 0.187. The van der Waals surface area contributed by atoms with Crippen LogP contribution in [0.4, 0.5) is 16.3 Å². The molecule has 4 atom stereocenters. The third-order valence-electron chi connectivity index (χ3n) is 7.09. The molecule has 0 unspecified atom stereocenters. The number of imidazole rings is 1. The van der Waals surface area contributed by atoms with Gasteiger partial charge in [0.25, 0.3) is 0 Å². The molecule has 1 aliphatic heterocycles. The van der Waals surface area contributed by atoms with Crippen LogP contribution in [0, 0.1) is 0 Å². The molecule has 1 saturated heterocycles. The standard InChI is InChI=1S/C27H41N9O4/c1-27(2,3)17-6-8-18(9-7-17)34-26(39)30-11-13-35(12-5-4-10-28)14-19-21(37)22(38)25(40-19)36-16-33-20-23(29)31-15-32-24(20)36/h6-9,15-16,19,21-22,25,37-38H,4-5,10-14,28H2,1-3H3,(H2,29,31,32)(H2,30,34,39)/t19-,21-,22-,25-/m1/s1. The van der Waals surface area contributed by atoms with E-state index in [4.69, 9.17) is 16.2 Å². The Morgan fingerprint density at radius 3 is 2.55 bits per heavy atom. The van der Waals surface area contributed by atoms with Gasteiger partial charge in [0.2, 0.25) is 0 Å². The van der Waals surface area contributed by atoms with Crippen LogP contribution in [0.25, 0.3) is 11.2 Å². The molecule has 0 saturated carbocycles. The van der Waals surface area contributed by atoms with Crippen molar-refractivity contribution in [2.24, 2.45) is 5.73 Å². The molecule has 0 spiro atoms. The molecule has 13 heteroatoms. The smallest absolute Gasteiger partial charge is 0.319 e. The number of aromatic nitrogens is 4. The number of hydrogen-bond acceptors (Lipinski definition) is 10. The van der Waals surface area contributed by atoms with Gasteiger partial charge in [-0.1, -0.05) is 32.9 Å². The van der Waals surface area contributed by atoms with Crippen LogP contribution in [0.1, 0.15) is 45.4 Å². The second-order valence-electron chi connectivity index (χ2n) is 11.1. The maximum Gasteiger partial charge on any atom is 0.319 e. The summed E-state index contributed by atoms with van der Waals surface area (Å²) in [7, 11) is 0. The Morgan fingerprint density at radius 1 is 1.10 bits per heavy atom. The number of amides is 2. The molecule has 4 rings (SSSR count). The minimum atomic E-state index is -1.20. The Labute approximate surface area is 233 Å². The Bertz CT molecular complexity index is 1260. The lowest BCUT2D eigenvalue weighted by atomic mass is 9.87. The first-order valence-electron chi connectivity index (χ1n) is 13.6. The van der Waals surface area contributed by atoms with Gasteiger partial charge in [0, 0.05) is 25.3 Å². The lowest BCUT2D eigenvalue weighted by molar-refractivity contribution is -0.0440. The average Bonchev–Trinajstić information content (AvgIpc) is 3.46. The van der Waals surface area contributed by atoms with Crippen molar-refractivity contribution >= 4 is 28.7 Å². The lowest BCUT2D eigenvalue weighted by Crippen LogP contribution is -2.44. The summed E-state index contributed by atoms with van der Waals surface area (Å²) in [5.41, 5.74) is 14.3. The molecule has 40 heavy (non-hydrogen) atoms. The number of rotatable bonds is 11. The number of carbonyl (C=O) groups excluding carboxylic acids is 1. The molecule has 8 N–H and O–H groups in total. The molecule has 2 amide bonds. The molecule has 218 valence electrons. The van der Waals surface area contributed by atoms with Gasteiger partial charge in [-0.05, 0) is 49.0 Å². The zero-order chi connectivity index (χ0) is 28.9. The van der Waals surface area contributed by atoms with Crippen LogP contribution in [0.2, 0.25) is 0 Å². The highest BCUT2D eigenvalue weighted by atomic mass is 16.6. The van der Waals surface area contributed by atoms with Crippen LogP contribution in [0.3, 0.4) is 0 Å². The van der Waals surface area contributed by atoms with Crippen molar-refractivity contribution in [1.82, 2.24) is 29.7 Å². The van der Waals surface area contributed by atoms with E-state index in [1.165, 1.54) is 18.2 Å². The summed E-state index contributed by atoms with van der Waals surface area (Å²) >= 11 is 0. The molecule has 1 fully saturated rings. The Kier molecular flexibility index (Phi) is 9.53. The largest absolute Gasteiger partial charge is 0.387 e. The van der Waals surface area contributed by atoms with Crippen LogP contribution in [0.5, 0.6) is 0 Å². The summed E-state index contributed by atoms with van der Waals surface area (Å²) in [5.74, 6) is 0.220. The van der Waals surface area contributed by atoms with Crippen LogP contribution in [-0.4, -0.2) is 91.7 Å². The topological polar surface area (TPSA) is 190 Å². The Hall–Kier alpha value is -3.36. The van der Waals surface area contributed by atoms with E-state index >= 15 is 0 Å². The first-order valence-corrected chi connectivity index (χ1v) is 13.6. The number of aliphatic hydroxyl groups excluding tert-OH is 2. The zero-order valence-electron chi connectivity index (χ0n) is 23.3. The van der Waals surface area contributed by atoms with E-state index in [-0.39, 0.29) is 17.3 Å². The van der Waals surface area contributed by atoms with E-state index in [1.807, 2.05) is 24.3 Å². The second kappa shape index (κ2) is 12.9. The molecule has 1 aliphatic rings. The van der Waals surface area contributed by atoms with Gasteiger partial charge in [-0.15, -0.1) is 0 Å². The van der Waals surface area contributed by atoms with Crippen molar-refractivity contribution in [2.75, 3.05) is 43.8 Å². The number of nitrogens with two attached hydrogens (primary N) is 2. The van der Waals surface area contributed by atoms with E-state index in [2.05, 4.69) is 51.3 Å². The van der Waals surface area contributed by atoms with Crippen LogP contribution < -0.4 is 22.1 Å². The van der Waals surface area contributed by atoms with Crippen molar-refractivity contribution < 1.29 is 19.7 Å². The fraction of sp³-hybridized carbons (Fsp3) is 0.556. The summed E-state index contributed by atoms with van der Waals surface area (Å²) in [6, 6.07) is 7.51. The first-order chi connectivity index (χ1) is 19.1. The van der Waals surface area contributed by atoms with Crippen molar-refractivity contribution in [3.05, 3.63) is 42.5 Å². The predicted molar refractivity (Wildman–Crippen MR) is 153 cm³/mol. The molecule has 0 bridgehead atoms. The summed E-state index contributed by atoms with van der Waals surface area (Å²) in [5, 5.41) is 27.4. The molecule has 13 nitrogen and oxygen atoms in total. The molecule has 0 radical (unpaired) electrons. The highest BCUT2D eigenvalue weighted by Gasteiger charge is 2.44. The summed E-state index contributed by atoms with van der Waals surface area (Å²) in [4.78, 5) is 27.0. The number of ether oxygens (including phenoxy) is 1. The zero-order valence-corrected chi connectivity index (χ0v) is 23.3. The summed E-state index contributed by atoms with van der Waals surface area (Å²) < 4.78 is 7.67. The van der Waals surface area contributed by atoms with E-state index in [1.54, 1.807) is 4.57 Å². The van der Waals surface area contributed by atoms with Gasteiger partial charge in [0.15, 0.2) is 17.7 Å². The fourth-order valence-electron chi connectivity index (χ4n) is 4.75. The molecular formula is C27H41N9O4. The maximum atomic E-state index is 12.5. The number of nitrogens with zero attached hydrogens (tertiary/aromatic N) is 5. The molecular weight excluding hydrogens is 514 g/mol. The Morgan fingerprint density at radius 2 is 1.85 bits per heavy atom. The van der Waals surface area contributed by atoms with E-state index < -0.39 is 24.5 Å². The number of unbranched alkanes of at least 4 members (excludes halogenated alkanes) is 1. The number of anilines is 2. The fourth-order valence-corrected chi connectivity index (χ4v) is 4.75. The van der Waals surface area contributed by atoms with E-state index in [9.17, 15) is 15.0 Å². The van der Waals surface area contributed by atoms with Gasteiger partial charge in [-0.3, -0.25) is 9.47 Å². The molecule has 2 aromatic heterocycles. The third-order valence-corrected chi connectivity index (χ3v) is 7.09. The minimum Gasteiger partial charge on any atom is -0.387 e. The van der Waals surface area contributed by atoms with Gasteiger partial charge in [0.1, 0.15) is 30.2 Å². The number of urea groups is 1. The van der Waals surface area contributed by atoms with Crippen molar-refractivity contribution in [1.29, 1.82) is 0 Å². The second-order valence-corrected chi connectivity index (χ2v) is 11.1. The average molecular weight is 556 g/mol. The number of benzene rings is 1. The number of carbonyl (C=O) groups is 1. The molecule has 1 aromatic carbocycles. The van der Waals surface area contributed by atoms with Crippen molar-refractivity contribution in [3.8, 4) is 0 Å². The van der Waals surface area contributed by atoms with Crippen LogP contribution in [-0.2, 0) is 10.2 Å². The summed E-state index contributed by atoms with van der Waals surface area (Å²) in [6.45, 7) is 8.94. The number of aliphatic hydroxyl groups is 2. The highest BCUT2D eigenvalue weighted by molar-refractivity contribution is 5.89. The maximum absolute atomic E-state index is 12.5. The van der Waals surface area contributed by atoms with Gasteiger partial charge in [0.05, 0.1) is 6.33 Å². The van der Waals surface area contributed by atoms with Gasteiger partial charge in [-0.2, -0.15) is 0 Å². The number of nitrogens with one attached hydrogen (secondary N) is 2. The van der Waals surface area contributed by atoms with E-state index in [0.29, 0.717) is 49.6 Å². The SMILES string of the molecule is CC(C)(C)c1ccc(NC(=O)NCCN(CCCCN)C[C@H]2O[C@@H](n3cnc4c(N)ncnc43)[C@H](O)[C@@H]2O)cc1. The van der Waals surface area contributed by atoms with Gasteiger partial charge >= 0.3 is 6.03 Å². The summed E-state index contributed by atoms with van der Waals surface area (Å²) in [6.07, 6.45) is 0.578. The normalized spacial score (nSPS) is 21.3. The number of nitrogen functional groups attached to an aromatic ring is 1. The molecule has 3 heterocycles. The van der Waals surface area contributed by atoms with Crippen molar-refractivity contribution in [3.63, 3.8) is 0 Å². The lowest BCUT2D eigenvalue weighted by Gasteiger charge is -2.27. The van der Waals surface area contributed by atoms with Crippen LogP contribution in [0.15, 0.2) is 36.9 Å². The van der Waals surface area contributed by atoms with Crippen LogP contribution >= 0.6 is 0 Å². The third kappa shape index (κ3) is 7.04. The monoisotopic (exact) mass is 555 g/mol. The van der Waals surface area contributed by atoms with Gasteiger partial charge in [-0.25, -0.2) is 19.7 Å². The minimum absolute atomic E-state index is 0.0374. The first kappa shape index (κ1) is 29.6. The highest BCUT2D eigenvalue weighted by Crippen LogP contribution is 2.32. The molecule has 0 aliphatic carbocycles. The van der Waals surface area contributed by atoms with E-state index in [0.717, 1.165) is 12.8 Å². The number of fused-ring (bicyclic) bond motifs is 1.